The number of hydrogen-bond donors (Lipinski definition) is 0. The maximum atomic E-state index is 4.15. The predicted octanol–water partition coefficient (Wildman–Crippen LogP) is 3.19. The van der Waals surface area contributed by atoms with Crippen molar-refractivity contribution >= 4 is 21.5 Å². The van der Waals surface area contributed by atoms with Gasteiger partial charge in [-0.2, -0.15) is 0 Å². The molecule has 1 nitrogen and oxygen atoms in total. The largest absolute Gasteiger partial charge is 0.264 e. The fourth-order valence-electron chi connectivity index (χ4n) is 1.78. The minimum Gasteiger partial charge on any atom is -0.264 e. The summed E-state index contributed by atoms with van der Waals surface area (Å²) < 4.78 is 0. The van der Waals surface area contributed by atoms with E-state index in [2.05, 4.69) is 29.2 Å². The van der Waals surface area contributed by atoms with Gasteiger partial charge in [-0.25, -0.2) is 0 Å². The molecule has 65 valence electrons. The van der Waals surface area contributed by atoms with Crippen molar-refractivity contribution in [3.8, 4) is 0 Å². The Bertz CT molecular complexity index is 544. The Balaban J connectivity index is 2.61. The van der Waals surface area contributed by atoms with Crippen molar-refractivity contribution in [3.63, 3.8) is 0 Å². The summed E-state index contributed by atoms with van der Waals surface area (Å²) in [6.07, 6.45) is 3.74. The van der Waals surface area contributed by atoms with E-state index in [0.717, 1.165) is 0 Å². The van der Waals surface area contributed by atoms with E-state index in [1.807, 2.05) is 30.6 Å². The van der Waals surface area contributed by atoms with E-state index in [1.165, 1.54) is 21.5 Å². The summed E-state index contributed by atoms with van der Waals surface area (Å²) in [6.45, 7) is 0. The smallest absolute Gasteiger partial charge is 0.0352 e. The Morgan fingerprint density at radius 2 is 1.86 bits per heavy atom. The van der Waals surface area contributed by atoms with Crippen LogP contribution in [0.15, 0.2) is 48.8 Å². The van der Waals surface area contributed by atoms with Crippen LogP contribution in [0.2, 0.25) is 0 Å². The lowest BCUT2D eigenvalue weighted by Crippen LogP contribution is -1.78. The van der Waals surface area contributed by atoms with Crippen LogP contribution in [0.25, 0.3) is 21.5 Å². The van der Waals surface area contributed by atoms with Gasteiger partial charge in [-0.15, -0.1) is 0 Å². The molecule has 1 heterocycles. The second kappa shape index (κ2) is 2.81. The van der Waals surface area contributed by atoms with Crippen LogP contribution in [0.5, 0.6) is 0 Å². The number of hydrogen-bond acceptors (Lipinski definition) is 1. The number of pyridine rings is 1. The molecule has 0 N–H and O–H groups in total. The second-order valence-corrected chi connectivity index (χ2v) is 3.31. The highest BCUT2D eigenvalue weighted by atomic mass is 14.6. The van der Waals surface area contributed by atoms with Crippen LogP contribution in [-0.4, -0.2) is 4.98 Å². The van der Waals surface area contributed by atoms with Gasteiger partial charge < -0.3 is 0 Å². The first kappa shape index (κ1) is 7.51. The Morgan fingerprint density at radius 1 is 0.929 bits per heavy atom. The number of nitrogens with zero attached hydrogens (tertiary/aromatic N) is 1. The molecule has 0 amide bonds. The first-order valence-electron chi connectivity index (χ1n) is 4.58. The van der Waals surface area contributed by atoms with Crippen molar-refractivity contribution in [2.24, 2.45) is 0 Å². The summed E-state index contributed by atoms with van der Waals surface area (Å²) in [5.41, 5.74) is 0. The molecule has 0 atom stereocenters. The first-order valence-corrected chi connectivity index (χ1v) is 4.58. The van der Waals surface area contributed by atoms with Gasteiger partial charge in [0.25, 0.3) is 0 Å². The molecule has 0 aliphatic heterocycles. The Labute approximate surface area is 82.0 Å². The zero-order valence-corrected chi connectivity index (χ0v) is 7.57. The summed E-state index contributed by atoms with van der Waals surface area (Å²) >= 11 is 0. The number of benzene rings is 2. The van der Waals surface area contributed by atoms with Crippen LogP contribution in [0.1, 0.15) is 0 Å². The van der Waals surface area contributed by atoms with Gasteiger partial charge in [0.1, 0.15) is 0 Å². The van der Waals surface area contributed by atoms with E-state index >= 15 is 0 Å². The molecule has 0 aliphatic rings. The van der Waals surface area contributed by atoms with Crippen molar-refractivity contribution in [2.75, 3.05) is 0 Å². The Kier molecular flexibility index (Phi) is 1.51. The molecular formula is C13H8N. The maximum absolute atomic E-state index is 4.15. The molecule has 2 aromatic carbocycles. The van der Waals surface area contributed by atoms with Gasteiger partial charge in [0.15, 0.2) is 0 Å². The van der Waals surface area contributed by atoms with Gasteiger partial charge in [-0.1, -0.05) is 24.3 Å². The van der Waals surface area contributed by atoms with E-state index in [1.54, 1.807) is 0 Å². The monoisotopic (exact) mass is 178 g/mol. The van der Waals surface area contributed by atoms with Crippen LogP contribution >= 0.6 is 0 Å². The maximum Gasteiger partial charge on any atom is 0.0352 e. The molecule has 1 aromatic heterocycles. The third-order valence-electron chi connectivity index (χ3n) is 2.48. The average molecular weight is 178 g/mol. The molecule has 0 unspecified atom stereocenters. The molecule has 14 heavy (non-hydrogen) atoms. The minimum absolute atomic E-state index is 1.21. The molecule has 0 fully saturated rings. The molecule has 0 aliphatic carbocycles. The summed E-state index contributed by atoms with van der Waals surface area (Å²) in [6, 6.07) is 15.4. The number of rotatable bonds is 0. The zero-order chi connectivity index (χ0) is 9.38. The van der Waals surface area contributed by atoms with E-state index < -0.39 is 0 Å². The molecule has 1 heteroatoms. The van der Waals surface area contributed by atoms with Crippen LogP contribution in [0.3, 0.4) is 0 Å². The summed E-state index contributed by atoms with van der Waals surface area (Å²) in [5.74, 6) is 0. The highest BCUT2D eigenvalue weighted by Gasteiger charge is 1.97. The van der Waals surface area contributed by atoms with Crippen LogP contribution in [0, 0.1) is 6.07 Å². The average Bonchev–Trinajstić information content (AvgIpc) is 2.29. The molecule has 0 bridgehead atoms. The van der Waals surface area contributed by atoms with Crippen LogP contribution in [0.4, 0.5) is 0 Å². The Hall–Kier alpha value is -1.89. The molecular weight excluding hydrogens is 170 g/mol. The lowest BCUT2D eigenvalue weighted by molar-refractivity contribution is 1.37. The number of aromatic nitrogens is 1. The fourth-order valence-corrected chi connectivity index (χ4v) is 1.78. The lowest BCUT2D eigenvalue weighted by Gasteiger charge is -2.01. The van der Waals surface area contributed by atoms with Gasteiger partial charge in [0, 0.05) is 17.8 Å². The highest BCUT2D eigenvalue weighted by Crippen LogP contribution is 2.23. The molecule has 1 radical (unpaired) electrons. The summed E-state index contributed by atoms with van der Waals surface area (Å²) in [4.78, 5) is 4.15. The summed E-state index contributed by atoms with van der Waals surface area (Å²) in [7, 11) is 0. The van der Waals surface area contributed by atoms with Crippen molar-refractivity contribution in [1.29, 1.82) is 0 Å². The van der Waals surface area contributed by atoms with E-state index in [4.69, 9.17) is 0 Å². The first-order chi connectivity index (χ1) is 6.95. The topological polar surface area (TPSA) is 12.9 Å². The van der Waals surface area contributed by atoms with E-state index in [9.17, 15) is 0 Å². The van der Waals surface area contributed by atoms with Gasteiger partial charge in [-0.05, 0) is 34.4 Å². The molecule has 3 aromatic rings. The van der Waals surface area contributed by atoms with Crippen molar-refractivity contribution < 1.29 is 0 Å². The van der Waals surface area contributed by atoms with Gasteiger partial charge in [0.2, 0.25) is 0 Å². The van der Waals surface area contributed by atoms with Crippen molar-refractivity contribution in [2.45, 2.75) is 0 Å². The van der Waals surface area contributed by atoms with Crippen LogP contribution < -0.4 is 0 Å². The lowest BCUT2D eigenvalue weighted by atomic mass is 10.0. The van der Waals surface area contributed by atoms with Gasteiger partial charge >= 0.3 is 0 Å². The normalized spacial score (nSPS) is 10.9. The number of fused-ring (bicyclic) bond motifs is 3. The minimum atomic E-state index is 1.21. The second-order valence-electron chi connectivity index (χ2n) is 3.31. The van der Waals surface area contributed by atoms with Crippen molar-refractivity contribution in [1.82, 2.24) is 4.98 Å². The van der Waals surface area contributed by atoms with Gasteiger partial charge in [-0.3, -0.25) is 4.98 Å². The fraction of sp³-hybridized carbons (Fsp3) is 0. The molecule has 0 spiro atoms. The van der Waals surface area contributed by atoms with Crippen molar-refractivity contribution in [3.05, 3.63) is 54.9 Å². The van der Waals surface area contributed by atoms with E-state index in [0.29, 0.717) is 0 Å². The summed E-state index contributed by atoms with van der Waals surface area (Å²) in [5, 5.41) is 4.90. The van der Waals surface area contributed by atoms with Gasteiger partial charge in [0.05, 0.1) is 0 Å². The predicted molar refractivity (Wildman–Crippen MR) is 58.1 cm³/mol. The molecule has 3 rings (SSSR count). The standard InChI is InChI=1S/C13H8N/c1-2-4-12-10(3-1)5-6-11-7-8-14-9-13(11)12/h2-9H. The molecule has 0 saturated carbocycles. The molecule has 0 saturated heterocycles. The van der Waals surface area contributed by atoms with Crippen LogP contribution in [-0.2, 0) is 0 Å². The zero-order valence-electron chi connectivity index (χ0n) is 7.57. The van der Waals surface area contributed by atoms with E-state index in [-0.39, 0.29) is 0 Å². The third-order valence-corrected chi connectivity index (χ3v) is 2.48. The quantitative estimate of drug-likeness (QED) is 0.482. The Morgan fingerprint density at radius 3 is 2.86 bits per heavy atom. The highest BCUT2D eigenvalue weighted by molar-refractivity contribution is 6.06. The third kappa shape index (κ3) is 0.990. The SMILES string of the molecule is [c]1ccc2c(c1)ccc1ccncc12.